The van der Waals surface area contributed by atoms with Gasteiger partial charge in [-0.2, -0.15) is 0 Å². The zero-order valence-electron chi connectivity index (χ0n) is 20.0. The molecule has 2 N–H and O–H groups in total. The second-order valence-electron chi connectivity index (χ2n) is 8.27. The van der Waals surface area contributed by atoms with E-state index >= 15 is 0 Å². The van der Waals surface area contributed by atoms with Gasteiger partial charge in [-0.25, -0.2) is 15.0 Å². The van der Waals surface area contributed by atoms with Gasteiger partial charge in [0.1, 0.15) is 29.5 Å². The Balaban J connectivity index is 1.35. The molecule has 5 rings (SSSR count). The number of carbonyl (C=O) groups excluding carboxylic acids is 1. The third-order valence-electron chi connectivity index (χ3n) is 5.60. The van der Waals surface area contributed by atoms with E-state index in [-0.39, 0.29) is 11.8 Å². The van der Waals surface area contributed by atoms with Crippen LogP contribution in [0.3, 0.4) is 0 Å². The van der Waals surface area contributed by atoms with Crippen molar-refractivity contribution in [3.63, 3.8) is 0 Å². The van der Waals surface area contributed by atoms with Gasteiger partial charge in [0, 0.05) is 48.4 Å². The van der Waals surface area contributed by atoms with Crippen molar-refractivity contribution >= 4 is 44.2 Å². The Morgan fingerprint density at radius 1 is 1.05 bits per heavy atom. The molecule has 0 saturated heterocycles. The highest BCUT2D eigenvalue weighted by atomic mass is 79.9. The van der Waals surface area contributed by atoms with Crippen LogP contribution < -0.4 is 20.1 Å². The van der Waals surface area contributed by atoms with Gasteiger partial charge in [0.05, 0.1) is 17.3 Å². The molecule has 1 amide bonds. The molecule has 4 aromatic heterocycles. The van der Waals surface area contributed by atoms with E-state index in [4.69, 9.17) is 9.47 Å². The fourth-order valence-corrected chi connectivity index (χ4v) is 3.90. The molecule has 0 unspecified atom stereocenters. The molecule has 10 heteroatoms. The minimum atomic E-state index is 0.000570. The maximum atomic E-state index is 12.2. The molecule has 0 atom stereocenters. The van der Waals surface area contributed by atoms with Gasteiger partial charge in [-0.1, -0.05) is 17.9 Å². The Labute approximate surface area is 222 Å². The van der Waals surface area contributed by atoms with E-state index in [0.717, 1.165) is 23.6 Å². The Morgan fingerprint density at radius 3 is 2.70 bits per heavy atom. The lowest BCUT2D eigenvalue weighted by Crippen LogP contribution is -2.14. The summed E-state index contributed by atoms with van der Waals surface area (Å²) < 4.78 is 12.2. The number of pyridine rings is 4. The molecule has 186 valence electrons. The summed E-state index contributed by atoms with van der Waals surface area (Å²) in [4.78, 5) is 29.5. The van der Waals surface area contributed by atoms with E-state index in [9.17, 15) is 4.79 Å². The standard InChI is InChI=1S/C27H23BrN6O3/c1-29-26-21-15-31-24(34-27(35)18-6-7-18)13-20(21)19(14-32-26)8-5-17-9-10-30-16-22(17)36-11-12-37-25-4-2-3-23(28)33-25/h2-4,9-10,13-16,18H,6-7,11-12H2,1H3,(H,29,32)(H,31,34,35). The fraction of sp³-hybridized carbons (Fsp3) is 0.222. The number of halogens is 1. The SMILES string of the molecule is CNc1ncc(C#Cc2ccncc2OCCOc2cccc(Br)n2)c2cc(NC(=O)C3CC3)ncc12. The summed E-state index contributed by atoms with van der Waals surface area (Å²) >= 11 is 3.32. The van der Waals surface area contributed by atoms with Crippen molar-refractivity contribution in [2.75, 3.05) is 30.9 Å². The molecular weight excluding hydrogens is 536 g/mol. The highest BCUT2D eigenvalue weighted by Crippen LogP contribution is 2.31. The average Bonchev–Trinajstić information content (AvgIpc) is 3.76. The summed E-state index contributed by atoms with van der Waals surface area (Å²) in [7, 11) is 1.80. The van der Waals surface area contributed by atoms with Gasteiger partial charge < -0.3 is 20.1 Å². The van der Waals surface area contributed by atoms with E-state index in [0.29, 0.717) is 52.2 Å². The Kier molecular flexibility index (Phi) is 7.42. The lowest BCUT2D eigenvalue weighted by molar-refractivity contribution is -0.117. The highest BCUT2D eigenvalue weighted by molar-refractivity contribution is 9.10. The molecule has 0 spiro atoms. The quantitative estimate of drug-likeness (QED) is 0.185. The first-order valence-corrected chi connectivity index (χ1v) is 12.5. The van der Waals surface area contributed by atoms with Crippen LogP contribution in [0.5, 0.6) is 11.6 Å². The zero-order valence-corrected chi connectivity index (χ0v) is 21.6. The van der Waals surface area contributed by atoms with Gasteiger partial charge in [0.25, 0.3) is 0 Å². The molecular formula is C27H23BrN6O3. The monoisotopic (exact) mass is 558 g/mol. The first-order valence-electron chi connectivity index (χ1n) is 11.7. The van der Waals surface area contributed by atoms with Crippen LogP contribution in [-0.4, -0.2) is 46.1 Å². The van der Waals surface area contributed by atoms with Crippen molar-refractivity contribution in [2.24, 2.45) is 5.92 Å². The molecule has 4 aromatic rings. The van der Waals surface area contributed by atoms with Crippen LogP contribution in [0.15, 0.2) is 59.7 Å². The number of amides is 1. The van der Waals surface area contributed by atoms with Gasteiger partial charge in [-0.15, -0.1) is 0 Å². The molecule has 0 aliphatic heterocycles. The largest absolute Gasteiger partial charge is 0.487 e. The molecule has 0 radical (unpaired) electrons. The number of aromatic nitrogens is 4. The average molecular weight is 559 g/mol. The molecule has 9 nitrogen and oxygen atoms in total. The number of hydrogen-bond donors (Lipinski definition) is 2. The maximum Gasteiger partial charge on any atom is 0.228 e. The first kappa shape index (κ1) is 24.5. The third kappa shape index (κ3) is 6.13. The van der Waals surface area contributed by atoms with Crippen molar-refractivity contribution in [3.8, 4) is 23.5 Å². The molecule has 1 saturated carbocycles. The first-order chi connectivity index (χ1) is 18.1. The Morgan fingerprint density at radius 2 is 1.89 bits per heavy atom. The summed E-state index contributed by atoms with van der Waals surface area (Å²) in [6, 6.07) is 9.08. The number of carbonyl (C=O) groups is 1. The van der Waals surface area contributed by atoms with E-state index < -0.39 is 0 Å². The smallest absolute Gasteiger partial charge is 0.228 e. The molecule has 37 heavy (non-hydrogen) atoms. The minimum Gasteiger partial charge on any atom is -0.487 e. The second kappa shape index (κ2) is 11.2. The summed E-state index contributed by atoms with van der Waals surface area (Å²) in [5.74, 6) is 8.69. The summed E-state index contributed by atoms with van der Waals surface area (Å²) in [5, 5.41) is 7.62. The van der Waals surface area contributed by atoms with E-state index in [1.165, 1.54) is 0 Å². The molecule has 4 heterocycles. The summed E-state index contributed by atoms with van der Waals surface area (Å²) in [5.41, 5.74) is 1.38. The number of anilines is 2. The van der Waals surface area contributed by atoms with E-state index in [1.807, 2.05) is 18.2 Å². The third-order valence-corrected chi connectivity index (χ3v) is 6.05. The van der Waals surface area contributed by atoms with Crippen LogP contribution in [0.2, 0.25) is 0 Å². The van der Waals surface area contributed by atoms with Crippen molar-refractivity contribution in [1.29, 1.82) is 0 Å². The minimum absolute atomic E-state index is 0.000570. The zero-order chi connectivity index (χ0) is 25.6. The maximum absolute atomic E-state index is 12.2. The van der Waals surface area contributed by atoms with Crippen LogP contribution in [0, 0.1) is 17.8 Å². The lowest BCUT2D eigenvalue weighted by Gasteiger charge is -2.10. The van der Waals surface area contributed by atoms with Crippen molar-refractivity contribution in [1.82, 2.24) is 19.9 Å². The Hall–Kier alpha value is -4.23. The van der Waals surface area contributed by atoms with Crippen LogP contribution in [-0.2, 0) is 4.79 Å². The number of ether oxygens (including phenoxy) is 2. The van der Waals surface area contributed by atoms with Crippen molar-refractivity contribution in [3.05, 3.63) is 70.8 Å². The molecule has 0 aromatic carbocycles. The van der Waals surface area contributed by atoms with E-state index in [2.05, 4.69) is 58.3 Å². The van der Waals surface area contributed by atoms with Crippen molar-refractivity contribution in [2.45, 2.75) is 12.8 Å². The number of hydrogen-bond acceptors (Lipinski definition) is 8. The van der Waals surface area contributed by atoms with E-state index in [1.54, 1.807) is 44.0 Å². The number of fused-ring (bicyclic) bond motifs is 1. The van der Waals surface area contributed by atoms with Crippen molar-refractivity contribution < 1.29 is 14.3 Å². The summed E-state index contributed by atoms with van der Waals surface area (Å²) in [6.45, 7) is 0.610. The van der Waals surface area contributed by atoms with Gasteiger partial charge in [-0.05, 0) is 47.0 Å². The van der Waals surface area contributed by atoms with Crippen LogP contribution in [0.25, 0.3) is 10.8 Å². The predicted octanol–water partition coefficient (Wildman–Crippen LogP) is 4.43. The van der Waals surface area contributed by atoms with Gasteiger partial charge in [0.2, 0.25) is 11.8 Å². The molecule has 1 aliphatic carbocycles. The Bertz CT molecular complexity index is 1510. The normalized spacial score (nSPS) is 12.4. The highest BCUT2D eigenvalue weighted by Gasteiger charge is 2.29. The van der Waals surface area contributed by atoms with Crippen LogP contribution in [0.1, 0.15) is 24.0 Å². The van der Waals surface area contributed by atoms with Gasteiger partial charge in [-0.3, -0.25) is 9.78 Å². The molecule has 1 fully saturated rings. The van der Waals surface area contributed by atoms with Crippen LogP contribution >= 0.6 is 15.9 Å². The predicted molar refractivity (Wildman–Crippen MR) is 144 cm³/mol. The second-order valence-corrected chi connectivity index (χ2v) is 9.08. The lowest BCUT2D eigenvalue weighted by atomic mass is 10.1. The number of rotatable bonds is 8. The molecule has 1 aliphatic rings. The molecule has 0 bridgehead atoms. The fourth-order valence-electron chi connectivity index (χ4n) is 3.58. The van der Waals surface area contributed by atoms with Gasteiger partial charge >= 0.3 is 0 Å². The van der Waals surface area contributed by atoms with Gasteiger partial charge in [0.15, 0.2) is 5.75 Å². The number of nitrogens with one attached hydrogen (secondary N) is 2. The van der Waals surface area contributed by atoms with Crippen LogP contribution in [0.4, 0.5) is 11.6 Å². The number of nitrogens with zero attached hydrogens (tertiary/aromatic N) is 4. The summed E-state index contributed by atoms with van der Waals surface area (Å²) in [6.07, 6.45) is 8.53. The topological polar surface area (TPSA) is 111 Å².